The van der Waals surface area contributed by atoms with Crippen molar-refractivity contribution in [1.82, 2.24) is 0 Å². The minimum absolute atomic E-state index is 0.104. The van der Waals surface area contributed by atoms with Crippen LogP contribution in [0.5, 0.6) is 0 Å². The van der Waals surface area contributed by atoms with Crippen molar-refractivity contribution in [3.63, 3.8) is 0 Å². The Morgan fingerprint density at radius 3 is 1.52 bits per heavy atom. The molecule has 21 heavy (non-hydrogen) atoms. The molecule has 3 atom stereocenters. The Bertz CT molecular complexity index is 484. The summed E-state index contributed by atoms with van der Waals surface area (Å²) in [7, 11) is -7.00. The van der Waals surface area contributed by atoms with Gasteiger partial charge in [-0.2, -0.15) is 16.8 Å². The monoisotopic (exact) mass is 348 g/mol. The van der Waals surface area contributed by atoms with Gasteiger partial charge in [0.05, 0.1) is 50.6 Å². The molecule has 128 valence electrons. The molecule has 10 heteroatoms. The van der Waals surface area contributed by atoms with Gasteiger partial charge in [0.2, 0.25) is 0 Å². The highest BCUT2D eigenvalue weighted by Crippen LogP contribution is 2.02. The van der Waals surface area contributed by atoms with Gasteiger partial charge in [-0.25, -0.2) is 0 Å². The van der Waals surface area contributed by atoms with E-state index in [1.807, 2.05) is 0 Å². The van der Waals surface area contributed by atoms with E-state index in [2.05, 4.69) is 0 Å². The molecule has 0 aromatic heterocycles. The first-order valence-corrected chi connectivity index (χ1v) is 9.98. The van der Waals surface area contributed by atoms with E-state index in [9.17, 15) is 16.8 Å². The minimum atomic E-state index is -3.50. The Hall–Kier alpha value is -0.260. The summed E-state index contributed by atoms with van der Waals surface area (Å²) >= 11 is 0. The van der Waals surface area contributed by atoms with Crippen LogP contribution in [0.2, 0.25) is 0 Å². The normalized spacial score (nSPS) is 17.4. The van der Waals surface area contributed by atoms with Crippen molar-refractivity contribution in [1.29, 1.82) is 0 Å². The van der Waals surface area contributed by atoms with Gasteiger partial charge in [0.25, 0.3) is 20.2 Å². The maximum atomic E-state index is 10.9. The first kappa shape index (κ1) is 20.7. The Morgan fingerprint density at radius 2 is 1.10 bits per heavy atom. The quantitative estimate of drug-likeness (QED) is 0.485. The summed E-state index contributed by atoms with van der Waals surface area (Å²) in [4.78, 5) is 0. The second-order valence-electron chi connectivity index (χ2n) is 4.90. The van der Waals surface area contributed by atoms with Gasteiger partial charge in [-0.1, -0.05) is 0 Å². The van der Waals surface area contributed by atoms with Crippen LogP contribution in [-0.4, -0.2) is 67.5 Å². The predicted molar refractivity (Wildman–Crippen MR) is 77.0 cm³/mol. The van der Waals surface area contributed by atoms with Gasteiger partial charge in [-0.15, -0.1) is 0 Å². The molecule has 3 unspecified atom stereocenters. The van der Waals surface area contributed by atoms with E-state index < -0.39 is 32.4 Å². The lowest BCUT2D eigenvalue weighted by Gasteiger charge is -2.18. The molecule has 0 amide bonds. The molecule has 0 fully saturated rings. The van der Waals surface area contributed by atoms with Crippen molar-refractivity contribution in [2.24, 2.45) is 0 Å². The second kappa shape index (κ2) is 9.01. The smallest absolute Gasteiger partial charge is 0.264 e. The molecule has 0 aliphatic heterocycles. The van der Waals surface area contributed by atoms with Crippen LogP contribution in [-0.2, 0) is 38.1 Å². The molecule has 8 nitrogen and oxygen atoms in total. The molecule has 0 aliphatic rings. The zero-order valence-electron chi connectivity index (χ0n) is 12.9. The van der Waals surface area contributed by atoms with Gasteiger partial charge >= 0.3 is 0 Å². The summed E-state index contributed by atoms with van der Waals surface area (Å²) in [6.07, 6.45) is 0.480. The standard InChI is InChI=1S/C11H24O8S2/c1-9(17-8-11(3)19-21(5,14)15)6-16-7-10(2)18-20(4,12)13/h9-11H,6-8H2,1-5H3. The van der Waals surface area contributed by atoms with Crippen molar-refractivity contribution >= 4 is 20.2 Å². The van der Waals surface area contributed by atoms with E-state index in [1.165, 1.54) is 0 Å². The van der Waals surface area contributed by atoms with Crippen molar-refractivity contribution in [3.8, 4) is 0 Å². The summed E-state index contributed by atoms with van der Waals surface area (Å²) < 4.78 is 63.5. The Kier molecular flexibility index (Phi) is 8.90. The van der Waals surface area contributed by atoms with Gasteiger partial charge < -0.3 is 9.47 Å². The zero-order valence-corrected chi connectivity index (χ0v) is 14.6. The molecule has 0 radical (unpaired) electrons. The molecule has 0 bridgehead atoms. The third-order valence-corrected chi connectivity index (χ3v) is 3.35. The highest BCUT2D eigenvalue weighted by Gasteiger charge is 2.14. The highest BCUT2D eigenvalue weighted by atomic mass is 32.2. The van der Waals surface area contributed by atoms with Gasteiger partial charge in [-0.05, 0) is 20.8 Å². The van der Waals surface area contributed by atoms with E-state index >= 15 is 0 Å². The average Bonchev–Trinajstić information content (AvgIpc) is 2.21. The molecule has 0 heterocycles. The molecule has 0 spiro atoms. The van der Waals surface area contributed by atoms with Crippen LogP contribution >= 0.6 is 0 Å². The van der Waals surface area contributed by atoms with Crippen LogP contribution in [0.25, 0.3) is 0 Å². The molecule has 0 aliphatic carbocycles. The molecule has 0 N–H and O–H groups in total. The van der Waals surface area contributed by atoms with Crippen molar-refractivity contribution < 1.29 is 34.7 Å². The van der Waals surface area contributed by atoms with Crippen LogP contribution in [0.4, 0.5) is 0 Å². The van der Waals surface area contributed by atoms with Crippen LogP contribution in [0.1, 0.15) is 20.8 Å². The van der Waals surface area contributed by atoms with Crippen LogP contribution in [0.3, 0.4) is 0 Å². The summed E-state index contributed by atoms with van der Waals surface area (Å²) in [6, 6.07) is 0. The number of rotatable bonds is 11. The lowest BCUT2D eigenvalue weighted by atomic mass is 10.4. The molecule has 0 aromatic carbocycles. The number of hydrogen-bond acceptors (Lipinski definition) is 8. The maximum absolute atomic E-state index is 10.9. The van der Waals surface area contributed by atoms with Gasteiger partial charge in [0.15, 0.2) is 0 Å². The summed E-state index contributed by atoms with van der Waals surface area (Å²) in [5.41, 5.74) is 0. The lowest BCUT2D eigenvalue weighted by Crippen LogP contribution is -2.27. The minimum Gasteiger partial charge on any atom is -0.376 e. The molecular formula is C11H24O8S2. The molecule has 0 saturated carbocycles. The Morgan fingerprint density at radius 1 is 0.714 bits per heavy atom. The summed E-state index contributed by atoms with van der Waals surface area (Å²) in [6.45, 7) is 5.34. The second-order valence-corrected chi connectivity index (χ2v) is 8.10. The predicted octanol–water partition coefficient (Wildman–Crippen LogP) is 0.138. The van der Waals surface area contributed by atoms with Crippen molar-refractivity contribution in [3.05, 3.63) is 0 Å². The van der Waals surface area contributed by atoms with Crippen molar-refractivity contribution in [2.45, 2.75) is 39.1 Å². The van der Waals surface area contributed by atoms with Gasteiger partial charge in [0.1, 0.15) is 0 Å². The maximum Gasteiger partial charge on any atom is 0.264 e. The third kappa shape index (κ3) is 14.4. The molecule has 0 saturated heterocycles. The fourth-order valence-electron chi connectivity index (χ4n) is 1.40. The van der Waals surface area contributed by atoms with E-state index in [0.29, 0.717) is 0 Å². The summed E-state index contributed by atoms with van der Waals surface area (Å²) in [5, 5.41) is 0. The largest absolute Gasteiger partial charge is 0.376 e. The van der Waals surface area contributed by atoms with Gasteiger partial charge in [0, 0.05) is 0 Å². The topological polar surface area (TPSA) is 105 Å². The van der Waals surface area contributed by atoms with E-state index in [1.54, 1.807) is 20.8 Å². The first-order valence-electron chi connectivity index (χ1n) is 6.35. The van der Waals surface area contributed by atoms with Gasteiger partial charge in [-0.3, -0.25) is 8.37 Å². The van der Waals surface area contributed by atoms with Crippen LogP contribution < -0.4 is 0 Å². The fraction of sp³-hybridized carbons (Fsp3) is 1.00. The zero-order chi connectivity index (χ0) is 16.7. The van der Waals surface area contributed by atoms with Crippen LogP contribution in [0.15, 0.2) is 0 Å². The third-order valence-electron chi connectivity index (χ3n) is 2.00. The highest BCUT2D eigenvalue weighted by molar-refractivity contribution is 7.86. The van der Waals surface area contributed by atoms with Crippen molar-refractivity contribution in [2.75, 3.05) is 32.3 Å². The van der Waals surface area contributed by atoms with Crippen LogP contribution in [0, 0.1) is 0 Å². The Labute approximate surface area is 127 Å². The fourth-order valence-corrected chi connectivity index (χ4v) is 2.70. The average molecular weight is 348 g/mol. The number of hydrogen-bond donors (Lipinski definition) is 0. The first-order chi connectivity index (χ1) is 9.39. The SMILES string of the molecule is CC(COCC(C)OS(C)(=O)=O)OCC(C)OS(C)(=O)=O. The van der Waals surface area contributed by atoms with E-state index in [0.717, 1.165) is 12.5 Å². The molecule has 0 aromatic rings. The summed E-state index contributed by atoms with van der Waals surface area (Å²) in [5.74, 6) is 0. The lowest BCUT2D eigenvalue weighted by molar-refractivity contribution is -0.0414. The molecular weight excluding hydrogens is 324 g/mol. The molecule has 0 rings (SSSR count). The Balaban J connectivity index is 3.83. The van der Waals surface area contributed by atoms with E-state index in [-0.39, 0.29) is 25.9 Å². The van der Waals surface area contributed by atoms with E-state index in [4.69, 9.17) is 17.8 Å². The number of ether oxygens (including phenoxy) is 2.